The summed E-state index contributed by atoms with van der Waals surface area (Å²) in [5.74, 6) is 0. The summed E-state index contributed by atoms with van der Waals surface area (Å²) in [6, 6.07) is 7.63. The van der Waals surface area contributed by atoms with Gasteiger partial charge in [-0.1, -0.05) is 34.6 Å². The highest BCUT2D eigenvalue weighted by molar-refractivity contribution is 9.10. The molecular formula is C13H16BrNO2. The third kappa shape index (κ3) is 4.61. The van der Waals surface area contributed by atoms with Gasteiger partial charge >= 0.3 is 6.09 Å². The lowest BCUT2D eigenvalue weighted by molar-refractivity contribution is 0.118. The number of hydrogen-bond donors (Lipinski definition) is 1. The van der Waals surface area contributed by atoms with Crippen LogP contribution in [0, 0.1) is 0 Å². The largest absolute Gasteiger partial charge is 0.437 e. The molecular weight excluding hydrogens is 282 g/mol. The highest BCUT2D eigenvalue weighted by atomic mass is 79.9. The highest BCUT2D eigenvalue weighted by Gasteiger charge is 2.13. The lowest BCUT2D eigenvalue weighted by Gasteiger charge is -2.16. The Kier molecular flexibility index (Phi) is 5.22. The van der Waals surface area contributed by atoms with Crippen molar-refractivity contribution >= 4 is 22.0 Å². The number of hydrogen-bond acceptors (Lipinski definition) is 2. The maximum absolute atomic E-state index is 11.5. The minimum atomic E-state index is -0.437. The molecule has 0 aliphatic carbocycles. The molecule has 4 heteroatoms. The van der Waals surface area contributed by atoms with Crippen LogP contribution in [-0.2, 0) is 4.74 Å². The van der Waals surface area contributed by atoms with Crippen molar-refractivity contribution in [1.29, 1.82) is 0 Å². The van der Waals surface area contributed by atoms with Gasteiger partial charge in [0, 0.05) is 10.5 Å². The van der Waals surface area contributed by atoms with E-state index in [-0.39, 0.29) is 6.04 Å². The van der Waals surface area contributed by atoms with Gasteiger partial charge in [-0.3, -0.25) is 0 Å². The molecule has 0 aromatic heterocycles. The molecule has 17 heavy (non-hydrogen) atoms. The van der Waals surface area contributed by atoms with Gasteiger partial charge in [-0.05, 0) is 37.6 Å². The van der Waals surface area contributed by atoms with E-state index in [1.165, 1.54) is 0 Å². The van der Waals surface area contributed by atoms with E-state index < -0.39 is 12.2 Å². The summed E-state index contributed by atoms with van der Waals surface area (Å²) in [4.78, 5) is 11.5. The van der Waals surface area contributed by atoms with Gasteiger partial charge in [-0.2, -0.15) is 0 Å². The fourth-order valence-electron chi connectivity index (χ4n) is 1.29. The van der Waals surface area contributed by atoms with E-state index >= 15 is 0 Å². The number of amides is 1. The van der Waals surface area contributed by atoms with Crippen molar-refractivity contribution in [3.05, 3.63) is 47.0 Å². The minimum Gasteiger partial charge on any atom is -0.437 e. The second-order valence-electron chi connectivity index (χ2n) is 3.91. The quantitative estimate of drug-likeness (QED) is 0.858. The van der Waals surface area contributed by atoms with Crippen LogP contribution < -0.4 is 5.32 Å². The molecule has 0 aliphatic heterocycles. The maximum Gasteiger partial charge on any atom is 0.408 e. The maximum atomic E-state index is 11.5. The van der Waals surface area contributed by atoms with Gasteiger partial charge in [0.2, 0.25) is 0 Å². The van der Waals surface area contributed by atoms with Crippen LogP contribution in [0.2, 0.25) is 0 Å². The second-order valence-corrected chi connectivity index (χ2v) is 4.83. The third-order valence-corrected chi connectivity index (χ3v) is 2.58. The predicted octanol–water partition coefficient (Wildman–Crippen LogP) is 3.81. The van der Waals surface area contributed by atoms with Crippen LogP contribution in [0.25, 0.3) is 0 Å². The topological polar surface area (TPSA) is 38.3 Å². The molecule has 1 rings (SSSR count). The van der Waals surface area contributed by atoms with Crippen LogP contribution in [0.3, 0.4) is 0 Å². The molecule has 1 N–H and O–H groups in total. The Morgan fingerprint density at radius 1 is 1.41 bits per heavy atom. The predicted molar refractivity (Wildman–Crippen MR) is 71.8 cm³/mol. The van der Waals surface area contributed by atoms with Gasteiger partial charge < -0.3 is 10.1 Å². The first kappa shape index (κ1) is 13.8. The first-order valence-electron chi connectivity index (χ1n) is 5.38. The number of ether oxygens (including phenoxy) is 1. The molecule has 0 aliphatic rings. The zero-order valence-electron chi connectivity index (χ0n) is 9.94. The SMILES string of the molecule is C=C[C@@H](OC(=O)NC(C)C)c1ccc(Br)cc1. The van der Waals surface area contributed by atoms with Crippen LogP contribution in [0.1, 0.15) is 25.5 Å². The Morgan fingerprint density at radius 2 is 2.00 bits per heavy atom. The smallest absolute Gasteiger partial charge is 0.408 e. The Hall–Kier alpha value is -1.29. The first-order chi connectivity index (χ1) is 8.02. The van der Waals surface area contributed by atoms with Crippen molar-refractivity contribution in [3.63, 3.8) is 0 Å². The van der Waals surface area contributed by atoms with Crippen molar-refractivity contribution in [2.24, 2.45) is 0 Å². The summed E-state index contributed by atoms with van der Waals surface area (Å²) in [5, 5.41) is 2.67. The number of alkyl carbamates (subject to hydrolysis) is 1. The number of rotatable bonds is 4. The molecule has 0 unspecified atom stereocenters. The van der Waals surface area contributed by atoms with E-state index in [1.807, 2.05) is 38.1 Å². The first-order valence-corrected chi connectivity index (χ1v) is 6.17. The number of carbonyl (C=O) groups excluding carboxylic acids is 1. The lowest BCUT2D eigenvalue weighted by atomic mass is 10.1. The summed E-state index contributed by atoms with van der Waals surface area (Å²) < 4.78 is 6.24. The van der Waals surface area contributed by atoms with E-state index in [0.717, 1.165) is 10.0 Å². The Labute approximate surface area is 110 Å². The van der Waals surface area contributed by atoms with Gasteiger partial charge in [0.15, 0.2) is 0 Å². The van der Waals surface area contributed by atoms with Crippen molar-refractivity contribution in [1.82, 2.24) is 5.32 Å². The molecule has 0 saturated carbocycles. The minimum absolute atomic E-state index is 0.0536. The summed E-state index contributed by atoms with van der Waals surface area (Å²) in [6.45, 7) is 7.43. The molecule has 3 nitrogen and oxygen atoms in total. The Bertz CT molecular complexity index is 387. The summed E-state index contributed by atoms with van der Waals surface area (Å²) in [6.07, 6.45) is 0.734. The van der Waals surface area contributed by atoms with Crippen molar-refractivity contribution in [3.8, 4) is 0 Å². The van der Waals surface area contributed by atoms with Crippen LogP contribution in [0.15, 0.2) is 41.4 Å². The van der Waals surface area contributed by atoms with Crippen LogP contribution >= 0.6 is 15.9 Å². The summed E-state index contributed by atoms with van der Waals surface area (Å²) >= 11 is 3.35. The molecule has 1 aromatic carbocycles. The number of carbonyl (C=O) groups is 1. The van der Waals surface area contributed by atoms with E-state index in [9.17, 15) is 4.79 Å². The zero-order chi connectivity index (χ0) is 12.8. The fourth-order valence-corrected chi connectivity index (χ4v) is 1.55. The average molecular weight is 298 g/mol. The molecule has 0 radical (unpaired) electrons. The van der Waals surface area contributed by atoms with E-state index in [2.05, 4.69) is 27.8 Å². The van der Waals surface area contributed by atoms with Gasteiger partial charge in [0.25, 0.3) is 0 Å². The summed E-state index contributed by atoms with van der Waals surface area (Å²) in [7, 11) is 0. The Morgan fingerprint density at radius 3 is 2.47 bits per heavy atom. The van der Waals surface area contributed by atoms with Gasteiger partial charge in [-0.25, -0.2) is 4.79 Å². The van der Waals surface area contributed by atoms with Gasteiger partial charge in [-0.15, -0.1) is 0 Å². The Balaban J connectivity index is 2.69. The molecule has 0 bridgehead atoms. The fraction of sp³-hybridized carbons (Fsp3) is 0.308. The molecule has 0 saturated heterocycles. The number of benzene rings is 1. The lowest BCUT2D eigenvalue weighted by Crippen LogP contribution is -2.31. The molecule has 1 atom stereocenters. The normalized spacial score (nSPS) is 12.0. The van der Waals surface area contributed by atoms with Gasteiger partial charge in [0.05, 0.1) is 0 Å². The summed E-state index contributed by atoms with van der Waals surface area (Å²) in [5.41, 5.74) is 0.891. The number of halogens is 1. The molecule has 92 valence electrons. The number of nitrogens with one attached hydrogen (secondary N) is 1. The van der Waals surface area contributed by atoms with Crippen molar-refractivity contribution in [2.75, 3.05) is 0 Å². The zero-order valence-corrected chi connectivity index (χ0v) is 11.5. The van der Waals surface area contributed by atoms with Crippen molar-refractivity contribution < 1.29 is 9.53 Å². The highest BCUT2D eigenvalue weighted by Crippen LogP contribution is 2.21. The van der Waals surface area contributed by atoms with Crippen LogP contribution in [0.4, 0.5) is 4.79 Å². The molecule has 1 aromatic rings. The van der Waals surface area contributed by atoms with Gasteiger partial charge in [0.1, 0.15) is 6.10 Å². The van der Waals surface area contributed by atoms with Crippen molar-refractivity contribution in [2.45, 2.75) is 26.0 Å². The van der Waals surface area contributed by atoms with E-state index in [1.54, 1.807) is 6.08 Å². The van der Waals surface area contributed by atoms with Crippen LogP contribution in [-0.4, -0.2) is 12.1 Å². The monoisotopic (exact) mass is 297 g/mol. The third-order valence-electron chi connectivity index (χ3n) is 2.05. The van der Waals surface area contributed by atoms with E-state index in [4.69, 9.17) is 4.74 Å². The van der Waals surface area contributed by atoms with E-state index in [0.29, 0.717) is 0 Å². The second kappa shape index (κ2) is 6.45. The molecule has 0 heterocycles. The standard InChI is InChI=1S/C13H16BrNO2/c1-4-12(17-13(16)15-9(2)3)10-5-7-11(14)8-6-10/h4-9,12H,1H2,2-3H3,(H,15,16)/t12-/m1/s1. The average Bonchev–Trinajstić information content (AvgIpc) is 2.26. The van der Waals surface area contributed by atoms with Crippen LogP contribution in [0.5, 0.6) is 0 Å². The molecule has 1 amide bonds. The molecule has 0 fully saturated rings. The molecule has 0 spiro atoms.